The van der Waals surface area contributed by atoms with Gasteiger partial charge in [0.25, 0.3) is 0 Å². The Bertz CT molecular complexity index is 711. The van der Waals surface area contributed by atoms with Gasteiger partial charge in [0.1, 0.15) is 5.75 Å². The van der Waals surface area contributed by atoms with Crippen molar-refractivity contribution >= 4 is 17.2 Å². The summed E-state index contributed by atoms with van der Waals surface area (Å²) in [5.74, 6) is 0.253. The number of fused-ring (bicyclic) bond motifs is 1. The number of hydrogen-bond acceptors (Lipinski definition) is 2. The molecule has 2 N–H and O–H groups in total. The lowest BCUT2D eigenvalue weighted by Crippen LogP contribution is -1.78. The van der Waals surface area contributed by atoms with Gasteiger partial charge < -0.3 is 10.1 Å². The first-order valence-electron chi connectivity index (χ1n) is 5.63. The van der Waals surface area contributed by atoms with Gasteiger partial charge in [0, 0.05) is 10.9 Å². The molecule has 0 atom stereocenters. The van der Waals surface area contributed by atoms with Gasteiger partial charge in [-0.15, -0.1) is 0 Å². The van der Waals surface area contributed by atoms with Crippen molar-refractivity contribution in [3.8, 4) is 16.9 Å². The number of phenolic OH excluding ortho intramolecular Hbond substituents is 1. The van der Waals surface area contributed by atoms with Crippen LogP contribution in [-0.4, -0.2) is 16.4 Å². The van der Waals surface area contributed by atoms with Crippen LogP contribution in [0, 0.1) is 0 Å². The van der Waals surface area contributed by atoms with E-state index in [4.69, 9.17) is 0 Å². The number of aromatic nitrogens is 1. The summed E-state index contributed by atoms with van der Waals surface area (Å²) in [4.78, 5) is 13.8. The number of aldehydes is 1. The smallest absolute Gasteiger partial charge is 0.166 e. The largest absolute Gasteiger partial charge is 0.508 e. The minimum atomic E-state index is 0.253. The van der Waals surface area contributed by atoms with E-state index in [1.807, 2.05) is 36.4 Å². The third-order valence-corrected chi connectivity index (χ3v) is 2.97. The molecule has 0 aliphatic carbocycles. The fourth-order valence-corrected chi connectivity index (χ4v) is 2.05. The molecule has 18 heavy (non-hydrogen) atoms. The van der Waals surface area contributed by atoms with Crippen LogP contribution in [-0.2, 0) is 0 Å². The lowest BCUT2D eigenvalue weighted by atomic mass is 10.0. The summed E-state index contributed by atoms with van der Waals surface area (Å²) in [6.45, 7) is 0. The molecule has 0 aliphatic heterocycles. The first-order chi connectivity index (χ1) is 8.76. The van der Waals surface area contributed by atoms with E-state index in [-0.39, 0.29) is 5.75 Å². The standard InChI is InChI=1S/C15H11NO2/c17-9-13-7-12-2-1-11(8-15(12)16-13)10-3-5-14(18)6-4-10/h1-9,16,18H. The topological polar surface area (TPSA) is 53.1 Å². The van der Waals surface area contributed by atoms with Gasteiger partial charge in [-0.3, -0.25) is 4.79 Å². The molecule has 3 nitrogen and oxygen atoms in total. The highest BCUT2D eigenvalue weighted by molar-refractivity contribution is 5.90. The van der Waals surface area contributed by atoms with Crippen molar-refractivity contribution in [1.82, 2.24) is 4.98 Å². The zero-order chi connectivity index (χ0) is 12.5. The van der Waals surface area contributed by atoms with Crippen LogP contribution in [0.5, 0.6) is 5.75 Å². The number of nitrogens with one attached hydrogen (secondary N) is 1. The van der Waals surface area contributed by atoms with Crippen molar-refractivity contribution in [1.29, 1.82) is 0 Å². The van der Waals surface area contributed by atoms with Crippen LogP contribution in [0.4, 0.5) is 0 Å². The Morgan fingerprint density at radius 2 is 1.67 bits per heavy atom. The van der Waals surface area contributed by atoms with E-state index in [9.17, 15) is 9.90 Å². The first-order valence-corrected chi connectivity index (χ1v) is 5.63. The molecular formula is C15H11NO2. The molecule has 0 bridgehead atoms. The Balaban J connectivity index is 2.12. The molecular weight excluding hydrogens is 226 g/mol. The van der Waals surface area contributed by atoms with Gasteiger partial charge in [-0.25, -0.2) is 0 Å². The lowest BCUT2D eigenvalue weighted by Gasteiger charge is -2.02. The highest BCUT2D eigenvalue weighted by Crippen LogP contribution is 2.25. The molecule has 0 amide bonds. The van der Waals surface area contributed by atoms with Crippen LogP contribution in [0.15, 0.2) is 48.5 Å². The maximum atomic E-state index is 10.7. The van der Waals surface area contributed by atoms with Crippen LogP contribution in [0.2, 0.25) is 0 Å². The van der Waals surface area contributed by atoms with Crippen molar-refractivity contribution in [3.05, 3.63) is 54.2 Å². The number of phenols is 1. The molecule has 0 fully saturated rings. The third-order valence-electron chi connectivity index (χ3n) is 2.97. The monoisotopic (exact) mass is 237 g/mol. The predicted octanol–water partition coefficient (Wildman–Crippen LogP) is 3.35. The van der Waals surface area contributed by atoms with Crippen molar-refractivity contribution < 1.29 is 9.90 Å². The second-order valence-electron chi connectivity index (χ2n) is 4.19. The number of aromatic amines is 1. The first kappa shape index (κ1) is 10.6. The lowest BCUT2D eigenvalue weighted by molar-refractivity contribution is 0.112. The summed E-state index contributed by atoms with van der Waals surface area (Å²) in [6.07, 6.45) is 0.806. The normalized spacial score (nSPS) is 10.7. The zero-order valence-electron chi connectivity index (χ0n) is 9.55. The van der Waals surface area contributed by atoms with E-state index >= 15 is 0 Å². The van der Waals surface area contributed by atoms with E-state index < -0.39 is 0 Å². The van der Waals surface area contributed by atoms with Crippen LogP contribution in [0.1, 0.15) is 10.5 Å². The van der Waals surface area contributed by atoms with Crippen molar-refractivity contribution in [2.75, 3.05) is 0 Å². The second-order valence-corrected chi connectivity index (χ2v) is 4.19. The molecule has 0 saturated heterocycles. The van der Waals surface area contributed by atoms with Gasteiger partial charge in [0.15, 0.2) is 6.29 Å². The number of rotatable bonds is 2. The van der Waals surface area contributed by atoms with Crippen LogP contribution in [0.25, 0.3) is 22.0 Å². The highest BCUT2D eigenvalue weighted by atomic mass is 16.3. The minimum Gasteiger partial charge on any atom is -0.508 e. The molecule has 2 aromatic carbocycles. The quantitative estimate of drug-likeness (QED) is 0.671. The summed E-state index contributed by atoms with van der Waals surface area (Å²) in [6, 6.07) is 14.8. The van der Waals surface area contributed by atoms with Crippen LogP contribution < -0.4 is 0 Å². The molecule has 3 aromatic rings. The molecule has 0 saturated carbocycles. The Morgan fingerprint density at radius 1 is 0.944 bits per heavy atom. The van der Waals surface area contributed by atoms with E-state index in [1.54, 1.807) is 12.1 Å². The van der Waals surface area contributed by atoms with E-state index in [1.165, 1.54) is 0 Å². The minimum absolute atomic E-state index is 0.253. The maximum absolute atomic E-state index is 10.7. The number of carbonyl (C=O) groups is 1. The number of benzene rings is 2. The molecule has 3 heteroatoms. The van der Waals surface area contributed by atoms with Gasteiger partial charge in [0.2, 0.25) is 0 Å². The average molecular weight is 237 g/mol. The SMILES string of the molecule is O=Cc1cc2ccc(-c3ccc(O)cc3)cc2[nH]1. The molecule has 0 aliphatic rings. The van der Waals surface area contributed by atoms with E-state index in [0.717, 1.165) is 28.3 Å². The summed E-state index contributed by atoms with van der Waals surface area (Å²) in [5, 5.41) is 10.3. The van der Waals surface area contributed by atoms with Crippen molar-refractivity contribution in [2.45, 2.75) is 0 Å². The zero-order valence-corrected chi connectivity index (χ0v) is 9.55. The highest BCUT2D eigenvalue weighted by Gasteiger charge is 2.03. The van der Waals surface area contributed by atoms with Crippen molar-refractivity contribution in [3.63, 3.8) is 0 Å². The number of carbonyl (C=O) groups excluding carboxylic acids is 1. The number of H-pyrrole nitrogens is 1. The second kappa shape index (κ2) is 4.04. The van der Waals surface area contributed by atoms with E-state index in [2.05, 4.69) is 4.98 Å². The van der Waals surface area contributed by atoms with Crippen LogP contribution in [0.3, 0.4) is 0 Å². The van der Waals surface area contributed by atoms with Gasteiger partial charge in [0.05, 0.1) is 5.69 Å². The van der Waals surface area contributed by atoms with Gasteiger partial charge in [-0.2, -0.15) is 0 Å². The molecule has 88 valence electrons. The Kier molecular flexibility index (Phi) is 2.38. The average Bonchev–Trinajstić information content (AvgIpc) is 2.81. The van der Waals surface area contributed by atoms with Gasteiger partial charge in [-0.1, -0.05) is 24.3 Å². The molecule has 0 radical (unpaired) electrons. The predicted molar refractivity (Wildman–Crippen MR) is 70.8 cm³/mol. The van der Waals surface area contributed by atoms with Gasteiger partial charge in [-0.05, 0) is 35.4 Å². The van der Waals surface area contributed by atoms with E-state index in [0.29, 0.717) is 5.69 Å². The third kappa shape index (κ3) is 1.76. The molecule has 3 rings (SSSR count). The molecule has 1 heterocycles. The molecule has 0 spiro atoms. The van der Waals surface area contributed by atoms with Crippen molar-refractivity contribution in [2.24, 2.45) is 0 Å². The maximum Gasteiger partial charge on any atom is 0.166 e. The molecule has 0 unspecified atom stereocenters. The Morgan fingerprint density at radius 3 is 2.39 bits per heavy atom. The van der Waals surface area contributed by atoms with Crippen LogP contribution >= 0.6 is 0 Å². The summed E-state index contributed by atoms with van der Waals surface area (Å²) >= 11 is 0. The fourth-order valence-electron chi connectivity index (χ4n) is 2.05. The van der Waals surface area contributed by atoms with Gasteiger partial charge >= 0.3 is 0 Å². The number of hydrogen-bond donors (Lipinski definition) is 2. The summed E-state index contributed by atoms with van der Waals surface area (Å²) in [7, 11) is 0. The molecule has 1 aromatic heterocycles. The summed E-state index contributed by atoms with van der Waals surface area (Å²) in [5.41, 5.74) is 3.58. The number of aromatic hydroxyl groups is 1. The summed E-state index contributed by atoms with van der Waals surface area (Å²) < 4.78 is 0. The Hall–Kier alpha value is -2.55. The Labute approximate surface area is 104 Å². The fraction of sp³-hybridized carbons (Fsp3) is 0.